The van der Waals surface area contributed by atoms with Crippen LogP contribution >= 0.6 is 0 Å². The standard InChI is InChI=1S/C23H28N2O2/c1-17-7-6-8-18(2)22(17)25(15-19-9-4-3-5-10-19)23(26)27-21-16-24-13-11-20(21)12-14-24/h3-10,20-21H,11-16H2,1-2H3/t21-/m0/s1. The van der Waals surface area contributed by atoms with Crippen molar-refractivity contribution in [3.63, 3.8) is 0 Å². The SMILES string of the molecule is Cc1cccc(C)c1N(Cc1ccccc1)C(=O)O[C@H]1CN2CCC1CC2. The van der Waals surface area contributed by atoms with Gasteiger partial charge >= 0.3 is 6.09 Å². The van der Waals surface area contributed by atoms with E-state index in [9.17, 15) is 4.79 Å². The van der Waals surface area contributed by atoms with Crippen molar-refractivity contribution in [2.24, 2.45) is 5.92 Å². The third-order valence-corrected chi connectivity index (χ3v) is 5.96. The van der Waals surface area contributed by atoms with Crippen LogP contribution in [0.1, 0.15) is 29.5 Å². The summed E-state index contributed by atoms with van der Waals surface area (Å²) in [5.41, 5.74) is 4.26. The first-order valence-electron chi connectivity index (χ1n) is 9.92. The number of rotatable bonds is 4. The van der Waals surface area contributed by atoms with Gasteiger partial charge in [0.25, 0.3) is 0 Å². The number of hydrogen-bond donors (Lipinski definition) is 0. The van der Waals surface area contributed by atoms with E-state index < -0.39 is 0 Å². The van der Waals surface area contributed by atoms with Crippen LogP contribution in [0, 0.1) is 19.8 Å². The molecule has 0 aromatic heterocycles. The molecule has 2 aromatic carbocycles. The van der Waals surface area contributed by atoms with E-state index in [1.165, 1.54) is 0 Å². The highest BCUT2D eigenvalue weighted by Gasteiger charge is 2.37. The van der Waals surface area contributed by atoms with Gasteiger partial charge in [0.05, 0.1) is 12.2 Å². The Balaban J connectivity index is 1.60. The molecule has 5 rings (SSSR count). The molecule has 2 aromatic rings. The number of para-hydroxylation sites is 1. The average Bonchev–Trinajstić information content (AvgIpc) is 2.69. The Bertz CT molecular complexity index is 777. The van der Waals surface area contributed by atoms with E-state index in [0.29, 0.717) is 12.5 Å². The molecular formula is C23H28N2O2. The minimum atomic E-state index is -0.227. The molecule has 4 nitrogen and oxygen atoms in total. The Labute approximate surface area is 161 Å². The third kappa shape index (κ3) is 3.86. The van der Waals surface area contributed by atoms with Gasteiger partial charge in [-0.3, -0.25) is 9.80 Å². The van der Waals surface area contributed by atoms with Crippen LogP contribution in [0.15, 0.2) is 48.5 Å². The zero-order chi connectivity index (χ0) is 18.8. The van der Waals surface area contributed by atoms with Gasteiger partial charge in [-0.05, 0) is 62.4 Å². The van der Waals surface area contributed by atoms with Crippen LogP contribution in [0.25, 0.3) is 0 Å². The first kappa shape index (κ1) is 18.1. The van der Waals surface area contributed by atoms with Crippen molar-refractivity contribution in [1.29, 1.82) is 0 Å². The van der Waals surface area contributed by atoms with Gasteiger partial charge in [0.1, 0.15) is 6.10 Å². The summed E-state index contributed by atoms with van der Waals surface area (Å²) in [6.45, 7) is 7.80. The lowest BCUT2D eigenvalue weighted by molar-refractivity contribution is -0.0311. The lowest BCUT2D eigenvalue weighted by Crippen LogP contribution is -2.53. The molecule has 27 heavy (non-hydrogen) atoms. The molecule has 2 bridgehead atoms. The largest absolute Gasteiger partial charge is 0.444 e. The minimum Gasteiger partial charge on any atom is -0.444 e. The van der Waals surface area contributed by atoms with Gasteiger partial charge in [-0.1, -0.05) is 48.5 Å². The molecule has 0 radical (unpaired) electrons. The van der Waals surface area contributed by atoms with Crippen molar-refractivity contribution in [1.82, 2.24) is 4.90 Å². The number of anilines is 1. The fourth-order valence-electron chi connectivity index (χ4n) is 4.47. The number of benzene rings is 2. The highest BCUT2D eigenvalue weighted by molar-refractivity contribution is 5.89. The van der Waals surface area contributed by atoms with E-state index in [-0.39, 0.29) is 12.2 Å². The number of carbonyl (C=O) groups excluding carboxylic acids is 1. The summed E-state index contributed by atoms with van der Waals surface area (Å²) in [6, 6.07) is 16.3. The predicted octanol–water partition coefficient (Wildman–Crippen LogP) is 4.54. The Morgan fingerprint density at radius 1 is 1.04 bits per heavy atom. The quantitative estimate of drug-likeness (QED) is 0.798. The smallest absolute Gasteiger partial charge is 0.414 e. The average molecular weight is 364 g/mol. The molecule has 4 heteroatoms. The second kappa shape index (κ2) is 7.73. The molecule has 0 N–H and O–H groups in total. The second-order valence-electron chi connectivity index (χ2n) is 7.87. The van der Waals surface area contributed by atoms with Crippen LogP contribution in [-0.2, 0) is 11.3 Å². The number of nitrogens with zero attached hydrogens (tertiary/aromatic N) is 2. The summed E-state index contributed by atoms with van der Waals surface area (Å²) >= 11 is 0. The fourth-order valence-corrected chi connectivity index (χ4v) is 4.47. The zero-order valence-electron chi connectivity index (χ0n) is 16.2. The molecule has 1 atom stereocenters. The number of aryl methyl sites for hydroxylation is 2. The molecule has 3 heterocycles. The minimum absolute atomic E-state index is 0.0163. The summed E-state index contributed by atoms with van der Waals surface area (Å²) in [6.07, 6.45) is 2.07. The van der Waals surface area contributed by atoms with Crippen LogP contribution in [0.3, 0.4) is 0 Å². The molecule has 142 valence electrons. The van der Waals surface area contributed by atoms with E-state index >= 15 is 0 Å². The van der Waals surface area contributed by atoms with Crippen LogP contribution in [0.2, 0.25) is 0 Å². The van der Waals surface area contributed by atoms with Gasteiger partial charge in [0.2, 0.25) is 0 Å². The molecule has 3 aliphatic heterocycles. The summed E-state index contributed by atoms with van der Waals surface area (Å²) in [7, 11) is 0. The fraction of sp³-hybridized carbons (Fsp3) is 0.435. The van der Waals surface area contributed by atoms with Gasteiger partial charge in [0, 0.05) is 6.54 Å². The number of fused-ring (bicyclic) bond motifs is 3. The Kier molecular flexibility index (Phi) is 5.17. The van der Waals surface area contributed by atoms with E-state index in [0.717, 1.165) is 54.9 Å². The number of carbonyl (C=O) groups is 1. The van der Waals surface area contributed by atoms with Gasteiger partial charge in [-0.15, -0.1) is 0 Å². The number of amides is 1. The van der Waals surface area contributed by atoms with Crippen molar-refractivity contribution in [3.05, 3.63) is 65.2 Å². The highest BCUT2D eigenvalue weighted by Crippen LogP contribution is 2.32. The third-order valence-electron chi connectivity index (χ3n) is 5.96. The Hall–Kier alpha value is -2.33. The molecule has 0 unspecified atom stereocenters. The van der Waals surface area contributed by atoms with E-state index in [1.54, 1.807) is 0 Å². The molecule has 0 spiro atoms. The molecule has 1 amide bonds. The monoisotopic (exact) mass is 364 g/mol. The van der Waals surface area contributed by atoms with Gasteiger partial charge in [-0.25, -0.2) is 4.79 Å². The van der Waals surface area contributed by atoms with Crippen LogP contribution in [0.4, 0.5) is 10.5 Å². The number of piperidine rings is 3. The van der Waals surface area contributed by atoms with Crippen molar-refractivity contribution in [2.45, 2.75) is 39.3 Å². The van der Waals surface area contributed by atoms with E-state index in [2.05, 4.69) is 43.0 Å². The molecule has 0 aliphatic carbocycles. The van der Waals surface area contributed by atoms with Gasteiger partial charge in [0.15, 0.2) is 0 Å². The Morgan fingerprint density at radius 2 is 1.70 bits per heavy atom. The lowest BCUT2D eigenvalue weighted by atomic mass is 9.86. The maximum atomic E-state index is 13.3. The van der Waals surface area contributed by atoms with Crippen molar-refractivity contribution in [2.75, 3.05) is 24.5 Å². The van der Waals surface area contributed by atoms with Gasteiger partial charge in [-0.2, -0.15) is 0 Å². The molecule has 3 aliphatic rings. The Morgan fingerprint density at radius 3 is 2.30 bits per heavy atom. The predicted molar refractivity (Wildman–Crippen MR) is 108 cm³/mol. The molecule has 3 fully saturated rings. The maximum Gasteiger partial charge on any atom is 0.414 e. The van der Waals surface area contributed by atoms with Crippen molar-refractivity contribution < 1.29 is 9.53 Å². The van der Waals surface area contributed by atoms with Gasteiger partial charge < -0.3 is 4.74 Å². The molecular weight excluding hydrogens is 336 g/mol. The summed E-state index contributed by atoms with van der Waals surface area (Å²) in [5, 5.41) is 0. The normalized spacial score (nSPS) is 23.9. The van der Waals surface area contributed by atoms with Crippen molar-refractivity contribution >= 4 is 11.8 Å². The maximum absolute atomic E-state index is 13.3. The lowest BCUT2D eigenvalue weighted by Gasteiger charge is -2.44. The van der Waals surface area contributed by atoms with Crippen LogP contribution < -0.4 is 4.90 Å². The zero-order valence-corrected chi connectivity index (χ0v) is 16.2. The highest BCUT2D eigenvalue weighted by atomic mass is 16.6. The van der Waals surface area contributed by atoms with E-state index in [4.69, 9.17) is 4.74 Å². The first-order valence-corrected chi connectivity index (χ1v) is 9.92. The topological polar surface area (TPSA) is 32.8 Å². The first-order chi connectivity index (χ1) is 13.1. The van der Waals surface area contributed by atoms with Crippen LogP contribution in [0.5, 0.6) is 0 Å². The number of ether oxygens (including phenoxy) is 1. The van der Waals surface area contributed by atoms with Crippen molar-refractivity contribution in [3.8, 4) is 0 Å². The molecule has 3 saturated heterocycles. The second-order valence-corrected chi connectivity index (χ2v) is 7.87. The summed E-state index contributed by atoms with van der Waals surface area (Å²) in [5.74, 6) is 0.510. The number of hydrogen-bond acceptors (Lipinski definition) is 3. The molecule has 0 saturated carbocycles. The van der Waals surface area contributed by atoms with E-state index in [1.807, 2.05) is 29.2 Å². The summed E-state index contributed by atoms with van der Waals surface area (Å²) < 4.78 is 6.07. The van der Waals surface area contributed by atoms with Crippen LogP contribution in [-0.4, -0.2) is 36.7 Å². The summed E-state index contributed by atoms with van der Waals surface area (Å²) in [4.78, 5) is 17.5.